The number of likely N-dealkylation sites (N-methyl/N-ethyl adjacent to an activating group) is 1. The van der Waals surface area contributed by atoms with Gasteiger partial charge < -0.3 is 10.2 Å². The van der Waals surface area contributed by atoms with E-state index >= 15 is 0 Å². The molecule has 3 rings (SSSR count). The van der Waals surface area contributed by atoms with Gasteiger partial charge in [0.15, 0.2) is 0 Å². The van der Waals surface area contributed by atoms with Crippen LogP contribution in [0.15, 0.2) is 77.7 Å². The van der Waals surface area contributed by atoms with Crippen molar-refractivity contribution in [2.45, 2.75) is 37.8 Å². The van der Waals surface area contributed by atoms with Crippen LogP contribution in [0.4, 0.5) is 5.69 Å². The Morgan fingerprint density at radius 2 is 1.65 bits per heavy atom. The highest BCUT2D eigenvalue weighted by atomic mass is 35.5. The molecule has 7 nitrogen and oxygen atoms in total. The van der Waals surface area contributed by atoms with Gasteiger partial charge in [-0.05, 0) is 55.3 Å². The molecular weight excluding hydrogens is 533 g/mol. The molecule has 0 saturated carbocycles. The predicted octanol–water partition coefficient (Wildman–Crippen LogP) is 5.05. The van der Waals surface area contributed by atoms with Crippen LogP contribution in [0.25, 0.3) is 0 Å². The van der Waals surface area contributed by atoms with Gasteiger partial charge in [0, 0.05) is 23.6 Å². The Labute approximate surface area is 228 Å². The zero-order valence-corrected chi connectivity index (χ0v) is 23.1. The molecule has 0 saturated heterocycles. The predicted molar refractivity (Wildman–Crippen MR) is 147 cm³/mol. The summed E-state index contributed by atoms with van der Waals surface area (Å²) in [6.07, 6.45) is 0.317. The monoisotopic (exact) mass is 561 g/mol. The van der Waals surface area contributed by atoms with E-state index in [-0.39, 0.29) is 23.0 Å². The quantitative estimate of drug-likeness (QED) is 0.375. The standard InChI is InChI=1S/C27H29Cl2N3O4S/c1-4-25(27(34)30-3)31(17-20-8-5-6-11-24(20)29)26(33)18-32(22-10-7-9-21(28)16-22)37(35,36)23-14-12-19(2)13-15-23/h5-16,25H,4,17-18H2,1-3H3,(H,30,34). The molecular formula is C27H29Cl2N3O4S. The molecule has 0 spiro atoms. The molecule has 0 aromatic heterocycles. The van der Waals surface area contributed by atoms with E-state index < -0.39 is 28.5 Å². The maximum atomic E-state index is 13.8. The van der Waals surface area contributed by atoms with E-state index in [2.05, 4.69) is 5.32 Å². The first-order chi connectivity index (χ1) is 17.6. The lowest BCUT2D eigenvalue weighted by atomic mass is 10.1. The molecule has 37 heavy (non-hydrogen) atoms. The minimum absolute atomic E-state index is 0.0262. The van der Waals surface area contributed by atoms with Crippen LogP contribution in [0.5, 0.6) is 0 Å². The van der Waals surface area contributed by atoms with Crippen molar-refractivity contribution >= 4 is 50.7 Å². The number of carbonyl (C=O) groups excluding carboxylic acids is 2. The van der Waals surface area contributed by atoms with Crippen LogP contribution >= 0.6 is 23.2 Å². The van der Waals surface area contributed by atoms with Crippen molar-refractivity contribution in [2.75, 3.05) is 17.9 Å². The fourth-order valence-electron chi connectivity index (χ4n) is 3.89. The molecule has 0 heterocycles. The van der Waals surface area contributed by atoms with Gasteiger partial charge in [0.25, 0.3) is 10.0 Å². The number of hydrogen-bond acceptors (Lipinski definition) is 4. The zero-order valence-electron chi connectivity index (χ0n) is 20.8. The molecule has 1 N–H and O–H groups in total. The Bertz CT molecular complexity index is 1360. The second kappa shape index (κ2) is 12.4. The average Bonchev–Trinajstić information content (AvgIpc) is 2.88. The highest BCUT2D eigenvalue weighted by Gasteiger charge is 2.33. The summed E-state index contributed by atoms with van der Waals surface area (Å²) >= 11 is 12.5. The van der Waals surface area contributed by atoms with Gasteiger partial charge in [0.2, 0.25) is 11.8 Å². The van der Waals surface area contributed by atoms with Crippen LogP contribution < -0.4 is 9.62 Å². The normalized spacial score (nSPS) is 12.0. The van der Waals surface area contributed by atoms with Crippen LogP contribution in [0, 0.1) is 6.92 Å². The van der Waals surface area contributed by atoms with Crippen LogP contribution in [0.1, 0.15) is 24.5 Å². The van der Waals surface area contributed by atoms with Crippen molar-refractivity contribution in [1.29, 1.82) is 0 Å². The number of halogens is 2. The summed E-state index contributed by atoms with van der Waals surface area (Å²) in [6.45, 7) is 3.11. The smallest absolute Gasteiger partial charge is 0.264 e. The van der Waals surface area contributed by atoms with E-state index in [0.717, 1.165) is 9.87 Å². The van der Waals surface area contributed by atoms with Crippen molar-refractivity contribution in [2.24, 2.45) is 0 Å². The third-order valence-electron chi connectivity index (χ3n) is 5.91. The fourth-order valence-corrected chi connectivity index (χ4v) is 5.68. The molecule has 10 heteroatoms. The van der Waals surface area contributed by atoms with Crippen LogP contribution in [0.3, 0.4) is 0 Å². The van der Waals surface area contributed by atoms with E-state index in [1.165, 1.54) is 30.1 Å². The fraction of sp³-hybridized carbons (Fsp3) is 0.259. The van der Waals surface area contributed by atoms with Crippen LogP contribution in [-0.2, 0) is 26.2 Å². The molecule has 3 aromatic rings. The first-order valence-electron chi connectivity index (χ1n) is 11.7. The molecule has 3 aromatic carbocycles. The second-order valence-corrected chi connectivity index (χ2v) is 11.2. The Morgan fingerprint density at radius 1 is 0.973 bits per heavy atom. The first kappa shape index (κ1) is 28.5. The molecule has 0 radical (unpaired) electrons. The van der Waals surface area contributed by atoms with Crippen molar-refractivity contribution in [3.63, 3.8) is 0 Å². The number of nitrogens with one attached hydrogen (secondary N) is 1. The van der Waals surface area contributed by atoms with Gasteiger partial charge in [0.1, 0.15) is 12.6 Å². The largest absolute Gasteiger partial charge is 0.357 e. The number of rotatable bonds is 10. The van der Waals surface area contributed by atoms with Gasteiger partial charge in [-0.15, -0.1) is 0 Å². The number of carbonyl (C=O) groups is 2. The molecule has 0 fully saturated rings. The number of hydrogen-bond donors (Lipinski definition) is 1. The minimum atomic E-state index is -4.15. The molecule has 1 unspecified atom stereocenters. The molecule has 0 aliphatic rings. The number of aryl methyl sites for hydroxylation is 1. The summed E-state index contributed by atoms with van der Waals surface area (Å²) in [4.78, 5) is 28.0. The van der Waals surface area contributed by atoms with Gasteiger partial charge in [-0.2, -0.15) is 0 Å². The second-order valence-electron chi connectivity index (χ2n) is 8.46. The van der Waals surface area contributed by atoms with Crippen molar-refractivity contribution in [1.82, 2.24) is 10.2 Å². The number of amides is 2. The number of anilines is 1. The molecule has 2 amide bonds. The van der Waals surface area contributed by atoms with Gasteiger partial charge in [-0.1, -0.05) is 72.1 Å². The third-order valence-corrected chi connectivity index (χ3v) is 8.31. The van der Waals surface area contributed by atoms with E-state index in [9.17, 15) is 18.0 Å². The van der Waals surface area contributed by atoms with Crippen LogP contribution in [-0.4, -0.2) is 44.8 Å². The SMILES string of the molecule is CCC(C(=O)NC)N(Cc1ccccc1Cl)C(=O)CN(c1cccc(Cl)c1)S(=O)(=O)c1ccc(C)cc1. The molecule has 0 bridgehead atoms. The highest BCUT2D eigenvalue weighted by Crippen LogP contribution is 2.27. The van der Waals surface area contributed by atoms with E-state index in [4.69, 9.17) is 23.2 Å². The summed E-state index contributed by atoms with van der Waals surface area (Å²) in [6, 6.07) is 18.8. The zero-order chi connectivity index (χ0) is 27.2. The lowest BCUT2D eigenvalue weighted by Crippen LogP contribution is -2.51. The molecule has 196 valence electrons. The lowest BCUT2D eigenvalue weighted by molar-refractivity contribution is -0.140. The van der Waals surface area contributed by atoms with E-state index in [1.54, 1.807) is 61.5 Å². The lowest BCUT2D eigenvalue weighted by Gasteiger charge is -2.33. The summed E-state index contributed by atoms with van der Waals surface area (Å²) in [7, 11) is -2.67. The Hall–Kier alpha value is -3.07. The average molecular weight is 563 g/mol. The number of nitrogens with zero attached hydrogens (tertiary/aromatic N) is 2. The Kier molecular flexibility index (Phi) is 9.59. The molecule has 1 atom stereocenters. The number of sulfonamides is 1. The van der Waals surface area contributed by atoms with Crippen molar-refractivity contribution < 1.29 is 18.0 Å². The Morgan fingerprint density at radius 3 is 2.24 bits per heavy atom. The van der Waals surface area contributed by atoms with Gasteiger partial charge in [-0.3, -0.25) is 13.9 Å². The first-order valence-corrected chi connectivity index (χ1v) is 13.9. The molecule has 0 aliphatic heterocycles. The summed E-state index contributed by atoms with van der Waals surface area (Å²) < 4.78 is 28.6. The maximum absolute atomic E-state index is 13.8. The van der Waals surface area contributed by atoms with E-state index in [1.807, 2.05) is 6.92 Å². The topological polar surface area (TPSA) is 86.8 Å². The maximum Gasteiger partial charge on any atom is 0.264 e. The minimum Gasteiger partial charge on any atom is -0.357 e. The van der Waals surface area contributed by atoms with E-state index in [0.29, 0.717) is 22.0 Å². The number of benzene rings is 3. The summed E-state index contributed by atoms with van der Waals surface area (Å²) in [5.74, 6) is -0.926. The summed E-state index contributed by atoms with van der Waals surface area (Å²) in [5, 5.41) is 3.34. The Balaban J connectivity index is 2.07. The highest BCUT2D eigenvalue weighted by molar-refractivity contribution is 7.92. The molecule has 0 aliphatic carbocycles. The summed E-state index contributed by atoms with van der Waals surface area (Å²) in [5.41, 5.74) is 1.76. The van der Waals surface area contributed by atoms with Crippen LogP contribution in [0.2, 0.25) is 10.0 Å². The van der Waals surface area contributed by atoms with Gasteiger partial charge in [-0.25, -0.2) is 8.42 Å². The van der Waals surface area contributed by atoms with Gasteiger partial charge in [0.05, 0.1) is 10.6 Å². The third kappa shape index (κ3) is 6.83. The van der Waals surface area contributed by atoms with Crippen molar-refractivity contribution in [3.05, 3.63) is 94.0 Å². The van der Waals surface area contributed by atoms with Crippen molar-refractivity contribution in [3.8, 4) is 0 Å². The van der Waals surface area contributed by atoms with Gasteiger partial charge >= 0.3 is 0 Å².